The third-order valence-corrected chi connectivity index (χ3v) is 3.31. The number of pyridine rings is 1. The summed E-state index contributed by atoms with van der Waals surface area (Å²) < 4.78 is 0. The molecule has 4 nitrogen and oxygen atoms in total. The molecule has 19 heavy (non-hydrogen) atoms. The van der Waals surface area contributed by atoms with E-state index in [1.54, 1.807) is 6.20 Å². The summed E-state index contributed by atoms with van der Waals surface area (Å²) >= 11 is 0. The molecule has 0 radical (unpaired) electrons. The Bertz CT molecular complexity index is 555. The molecule has 0 saturated heterocycles. The number of hydrogen-bond donors (Lipinski definition) is 1. The van der Waals surface area contributed by atoms with Crippen molar-refractivity contribution in [2.75, 3.05) is 6.54 Å². The van der Waals surface area contributed by atoms with E-state index in [1.165, 1.54) is 5.56 Å². The maximum atomic E-state index is 5.57. The maximum absolute atomic E-state index is 5.57. The topological polar surface area (TPSA) is 64.7 Å². The van der Waals surface area contributed by atoms with Gasteiger partial charge in [-0.1, -0.05) is 0 Å². The van der Waals surface area contributed by atoms with Gasteiger partial charge >= 0.3 is 0 Å². The molecule has 0 aromatic carbocycles. The van der Waals surface area contributed by atoms with Gasteiger partial charge in [-0.3, -0.25) is 4.98 Å². The molecule has 2 N–H and O–H groups in total. The van der Waals surface area contributed by atoms with Gasteiger partial charge in [0.2, 0.25) is 0 Å². The second-order valence-electron chi connectivity index (χ2n) is 4.78. The number of aromatic nitrogens is 3. The first-order valence-electron chi connectivity index (χ1n) is 6.58. The van der Waals surface area contributed by atoms with Crippen molar-refractivity contribution in [3.8, 4) is 11.4 Å². The van der Waals surface area contributed by atoms with Gasteiger partial charge in [0, 0.05) is 29.3 Å². The van der Waals surface area contributed by atoms with E-state index in [0.29, 0.717) is 6.54 Å². The zero-order chi connectivity index (χ0) is 13.8. The Labute approximate surface area is 114 Å². The highest BCUT2D eigenvalue weighted by Crippen LogP contribution is 2.21. The van der Waals surface area contributed by atoms with E-state index in [9.17, 15) is 0 Å². The highest BCUT2D eigenvalue weighted by Gasteiger charge is 2.11. The lowest BCUT2D eigenvalue weighted by Crippen LogP contribution is -2.07. The van der Waals surface area contributed by atoms with E-state index in [0.717, 1.165) is 41.2 Å². The number of nitrogens with zero attached hydrogens (tertiary/aromatic N) is 3. The molecule has 2 aromatic heterocycles. The summed E-state index contributed by atoms with van der Waals surface area (Å²) in [4.78, 5) is 13.4. The highest BCUT2D eigenvalue weighted by molar-refractivity contribution is 5.59. The van der Waals surface area contributed by atoms with Crippen molar-refractivity contribution in [3.05, 3.63) is 41.0 Å². The monoisotopic (exact) mass is 256 g/mol. The van der Waals surface area contributed by atoms with Gasteiger partial charge in [-0.15, -0.1) is 0 Å². The minimum absolute atomic E-state index is 0.699. The van der Waals surface area contributed by atoms with E-state index < -0.39 is 0 Å². The summed E-state index contributed by atoms with van der Waals surface area (Å²) in [6, 6.07) is 1.96. The van der Waals surface area contributed by atoms with Crippen LogP contribution >= 0.6 is 0 Å². The van der Waals surface area contributed by atoms with Gasteiger partial charge < -0.3 is 5.73 Å². The van der Waals surface area contributed by atoms with Crippen molar-refractivity contribution >= 4 is 0 Å². The quantitative estimate of drug-likeness (QED) is 0.912. The van der Waals surface area contributed by atoms with Crippen molar-refractivity contribution in [3.63, 3.8) is 0 Å². The first-order chi connectivity index (χ1) is 9.13. The summed E-state index contributed by atoms with van der Waals surface area (Å²) in [7, 11) is 0. The fraction of sp³-hybridized carbons (Fsp3) is 0.400. The second-order valence-corrected chi connectivity index (χ2v) is 4.78. The number of aryl methyl sites for hydroxylation is 3. The lowest BCUT2D eigenvalue weighted by molar-refractivity contribution is 0.806. The zero-order valence-corrected chi connectivity index (χ0v) is 11.8. The Balaban J connectivity index is 2.43. The minimum atomic E-state index is 0.699. The fourth-order valence-corrected chi connectivity index (χ4v) is 2.22. The molecule has 2 aromatic rings. The second kappa shape index (κ2) is 5.89. The van der Waals surface area contributed by atoms with E-state index >= 15 is 0 Å². The molecular formula is C15H20N4. The van der Waals surface area contributed by atoms with Crippen LogP contribution in [0.15, 0.2) is 18.5 Å². The zero-order valence-electron chi connectivity index (χ0n) is 11.8. The molecule has 4 heteroatoms. The molecule has 0 saturated carbocycles. The van der Waals surface area contributed by atoms with Crippen molar-refractivity contribution in [1.29, 1.82) is 0 Å². The molecule has 0 aliphatic heterocycles. The van der Waals surface area contributed by atoms with E-state index in [-0.39, 0.29) is 0 Å². The SMILES string of the molecule is Cc1cnccc1-c1nc(C)c(CCCN)c(C)n1. The van der Waals surface area contributed by atoms with Crippen LogP contribution in [0.2, 0.25) is 0 Å². The van der Waals surface area contributed by atoms with E-state index in [4.69, 9.17) is 5.73 Å². The van der Waals surface area contributed by atoms with Gasteiger partial charge in [0.1, 0.15) is 0 Å². The van der Waals surface area contributed by atoms with Crippen molar-refractivity contribution in [2.45, 2.75) is 33.6 Å². The predicted molar refractivity (Wildman–Crippen MR) is 76.8 cm³/mol. The summed E-state index contributed by atoms with van der Waals surface area (Å²) in [5, 5.41) is 0. The third kappa shape index (κ3) is 2.96. The average Bonchev–Trinajstić information content (AvgIpc) is 2.38. The minimum Gasteiger partial charge on any atom is -0.330 e. The van der Waals surface area contributed by atoms with Crippen LogP contribution < -0.4 is 5.73 Å². The molecule has 2 rings (SSSR count). The fourth-order valence-electron chi connectivity index (χ4n) is 2.22. The Morgan fingerprint density at radius 2 is 1.79 bits per heavy atom. The summed E-state index contributed by atoms with van der Waals surface area (Å²) in [6.07, 6.45) is 5.53. The Kier molecular flexibility index (Phi) is 4.22. The lowest BCUT2D eigenvalue weighted by atomic mass is 10.1. The number of nitrogens with two attached hydrogens (primary N) is 1. The molecule has 0 bridgehead atoms. The van der Waals surface area contributed by atoms with Crippen molar-refractivity contribution in [2.24, 2.45) is 5.73 Å². The molecule has 0 spiro atoms. The van der Waals surface area contributed by atoms with Gasteiger partial charge in [-0.05, 0) is 57.4 Å². The van der Waals surface area contributed by atoms with Gasteiger partial charge in [-0.25, -0.2) is 9.97 Å². The van der Waals surface area contributed by atoms with Gasteiger partial charge in [0.05, 0.1) is 0 Å². The Morgan fingerprint density at radius 3 is 2.37 bits per heavy atom. The summed E-state index contributed by atoms with van der Waals surface area (Å²) in [5.74, 6) is 0.784. The first-order valence-corrected chi connectivity index (χ1v) is 6.58. The largest absolute Gasteiger partial charge is 0.330 e. The smallest absolute Gasteiger partial charge is 0.160 e. The molecule has 0 aliphatic carbocycles. The molecule has 0 aliphatic rings. The number of rotatable bonds is 4. The third-order valence-electron chi connectivity index (χ3n) is 3.31. The van der Waals surface area contributed by atoms with Gasteiger partial charge in [-0.2, -0.15) is 0 Å². The summed E-state index contributed by atoms with van der Waals surface area (Å²) in [6.45, 7) is 6.81. The van der Waals surface area contributed by atoms with E-state index in [1.807, 2.05) is 33.0 Å². The molecule has 0 fully saturated rings. The van der Waals surface area contributed by atoms with Crippen LogP contribution in [0.5, 0.6) is 0 Å². The molecule has 0 atom stereocenters. The molecular weight excluding hydrogens is 236 g/mol. The van der Waals surface area contributed by atoms with Crippen LogP contribution in [-0.4, -0.2) is 21.5 Å². The Hall–Kier alpha value is -1.81. The van der Waals surface area contributed by atoms with Crippen molar-refractivity contribution < 1.29 is 0 Å². The maximum Gasteiger partial charge on any atom is 0.160 e. The van der Waals surface area contributed by atoms with Crippen LogP contribution in [-0.2, 0) is 6.42 Å². The molecule has 100 valence electrons. The standard InChI is InChI=1S/C15H20N4/c1-10-9-17-8-6-13(10)15-18-11(2)14(5-4-7-16)12(3)19-15/h6,8-9H,4-5,7,16H2,1-3H3. The molecule has 0 amide bonds. The van der Waals surface area contributed by atoms with Crippen LogP contribution in [0.3, 0.4) is 0 Å². The summed E-state index contributed by atoms with van der Waals surface area (Å²) in [5.41, 5.74) is 11.0. The molecule has 0 unspecified atom stereocenters. The normalized spacial score (nSPS) is 10.7. The van der Waals surface area contributed by atoms with Gasteiger partial charge in [0.15, 0.2) is 5.82 Å². The van der Waals surface area contributed by atoms with Gasteiger partial charge in [0.25, 0.3) is 0 Å². The van der Waals surface area contributed by atoms with Crippen LogP contribution in [0, 0.1) is 20.8 Å². The molecule has 2 heterocycles. The van der Waals surface area contributed by atoms with E-state index in [2.05, 4.69) is 15.0 Å². The van der Waals surface area contributed by atoms with Crippen LogP contribution in [0.4, 0.5) is 0 Å². The Morgan fingerprint density at radius 1 is 1.11 bits per heavy atom. The lowest BCUT2D eigenvalue weighted by Gasteiger charge is -2.11. The number of hydrogen-bond acceptors (Lipinski definition) is 4. The highest BCUT2D eigenvalue weighted by atomic mass is 14.9. The average molecular weight is 256 g/mol. The van der Waals surface area contributed by atoms with Crippen molar-refractivity contribution in [1.82, 2.24) is 15.0 Å². The first kappa shape index (κ1) is 13.6. The van der Waals surface area contributed by atoms with Crippen LogP contribution in [0.25, 0.3) is 11.4 Å². The predicted octanol–water partition coefficient (Wildman–Crippen LogP) is 2.36. The van der Waals surface area contributed by atoms with Crippen LogP contribution in [0.1, 0.15) is 28.9 Å².